The second-order valence-corrected chi connectivity index (χ2v) is 24.9. The van der Waals surface area contributed by atoms with Crippen molar-refractivity contribution >= 4 is 94.8 Å². The highest BCUT2D eigenvalue weighted by molar-refractivity contribution is 7.90. The molecule has 4 aromatic carbocycles. The van der Waals surface area contributed by atoms with Crippen LogP contribution in [0.3, 0.4) is 0 Å². The summed E-state index contributed by atoms with van der Waals surface area (Å²) in [4.78, 5) is 44.6. The Labute approximate surface area is 462 Å². The van der Waals surface area contributed by atoms with E-state index in [-0.39, 0.29) is 49.4 Å². The van der Waals surface area contributed by atoms with Crippen LogP contribution < -0.4 is 11.1 Å². The van der Waals surface area contributed by atoms with Gasteiger partial charge in [0.15, 0.2) is 0 Å². The number of likely N-dealkylation sites (tertiary alicyclic amines) is 2. The van der Waals surface area contributed by atoms with E-state index in [0.717, 1.165) is 13.0 Å². The number of hydrogen-bond acceptors (Lipinski definition) is 14. The van der Waals surface area contributed by atoms with Crippen molar-refractivity contribution in [1.82, 2.24) is 37.7 Å². The molecule has 8 aromatic rings. The standard InChI is InChI=1S/C27H28ClN5O4S.C18H11Cl2N3O2S.C9H18N2O2/c1-27(2,3)37-26(34)32-14-13-18(16-32)30-25-29-15-22(28)24(31-25)21-17-33(23-12-8-7-11-20(21)23)38(35,36)19-9-5-4-6-10-19;19-15-10-21-18(20)22-17(15)14-11-23(16-9-5-4-8-13(14)16)26(24,25)12-6-2-1-3-7-12;1-9(2,3)13-8(12)11-5-4-7(10)6-11/h4-12,15,17-18H,13-14,16H2,1-3H3,(H,29,30,31);1-11H;7H,4-6,10H2,1-3H3/t18-;;7-/m0.0/s1. The minimum absolute atomic E-state index is 0.0344. The van der Waals surface area contributed by atoms with Gasteiger partial charge in [-0.25, -0.2) is 54.3 Å². The van der Waals surface area contributed by atoms with Gasteiger partial charge in [-0.1, -0.05) is 96.0 Å². The third-order valence-corrected chi connectivity index (χ3v) is 16.1. The molecule has 0 bridgehead atoms. The number of fused-ring (bicyclic) bond motifs is 2. The van der Waals surface area contributed by atoms with E-state index >= 15 is 0 Å². The maximum absolute atomic E-state index is 13.5. The first-order chi connectivity index (χ1) is 36.4. The van der Waals surface area contributed by atoms with Crippen molar-refractivity contribution in [3.05, 3.63) is 149 Å². The summed E-state index contributed by atoms with van der Waals surface area (Å²) >= 11 is 18.7. The minimum atomic E-state index is -3.86. The fourth-order valence-electron chi connectivity index (χ4n) is 8.48. The lowest BCUT2D eigenvalue weighted by molar-refractivity contribution is 0.0282. The topological polar surface area (TPSA) is 227 Å². The Bertz CT molecular complexity index is 3670. The molecule has 6 heterocycles. The molecule has 0 spiro atoms. The Balaban J connectivity index is 0.000000173. The van der Waals surface area contributed by atoms with Crippen LogP contribution in [0.2, 0.25) is 15.3 Å². The van der Waals surface area contributed by atoms with Gasteiger partial charge in [0.2, 0.25) is 11.2 Å². The molecule has 2 amide bonds. The van der Waals surface area contributed by atoms with E-state index in [9.17, 15) is 26.4 Å². The number of nitrogens with zero attached hydrogens (tertiary/aromatic N) is 8. The SMILES string of the molecule is CC(C)(C)OC(=O)N1CC[C@H](N)C1.CC(C)(C)OC(=O)N1CC[C@H](Nc2ncc(Cl)c(-c3cn(S(=O)(=O)c4ccccc4)c4ccccc34)n2)C1.O=S(=O)(c1ccccc1)n1cc(-c2nc(Cl)ncc2Cl)c2ccccc21. The van der Waals surface area contributed by atoms with E-state index < -0.39 is 31.2 Å². The largest absolute Gasteiger partial charge is 0.444 e. The number of nitrogens with two attached hydrogens (primary N) is 1. The summed E-state index contributed by atoms with van der Waals surface area (Å²) in [6, 6.07) is 30.9. The minimum Gasteiger partial charge on any atom is -0.444 e. The lowest BCUT2D eigenvalue weighted by Crippen LogP contribution is -2.36. The monoisotopic (exact) mass is 1140 g/mol. The number of para-hydroxylation sites is 2. The molecule has 2 aliphatic rings. The number of carbonyl (C=O) groups is 2. The van der Waals surface area contributed by atoms with Gasteiger partial charge in [0.1, 0.15) is 11.2 Å². The van der Waals surface area contributed by atoms with Gasteiger partial charge in [-0.2, -0.15) is 0 Å². The molecule has 2 fully saturated rings. The highest BCUT2D eigenvalue weighted by Crippen LogP contribution is 2.38. The average Bonchev–Trinajstić information content (AvgIpc) is 4.40. The zero-order chi connectivity index (χ0) is 55.5. The molecular formula is C54H57Cl3N10O8S2. The van der Waals surface area contributed by atoms with E-state index in [0.29, 0.717) is 76.3 Å². The van der Waals surface area contributed by atoms with Crippen LogP contribution in [0, 0.1) is 0 Å². The number of amides is 2. The van der Waals surface area contributed by atoms with E-state index in [4.69, 9.17) is 50.0 Å². The first kappa shape index (κ1) is 56.4. The number of rotatable bonds is 8. The van der Waals surface area contributed by atoms with Crippen molar-refractivity contribution in [2.24, 2.45) is 5.73 Å². The predicted octanol–water partition coefficient (Wildman–Crippen LogP) is 11.0. The van der Waals surface area contributed by atoms with Gasteiger partial charge in [-0.3, -0.25) is 0 Å². The number of hydrogen-bond donors (Lipinski definition) is 2. The maximum Gasteiger partial charge on any atom is 0.410 e. The number of aromatic nitrogens is 6. The van der Waals surface area contributed by atoms with Gasteiger partial charge < -0.3 is 30.3 Å². The van der Waals surface area contributed by atoms with E-state index in [1.807, 2.05) is 65.8 Å². The maximum atomic E-state index is 13.5. The van der Waals surface area contributed by atoms with Crippen molar-refractivity contribution < 1.29 is 35.9 Å². The average molecular weight is 1140 g/mol. The van der Waals surface area contributed by atoms with Crippen LogP contribution in [-0.4, -0.2) is 116 Å². The van der Waals surface area contributed by atoms with Crippen LogP contribution in [0.25, 0.3) is 44.3 Å². The van der Waals surface area contributed by atoms with Crippen molar-refractivity contribution in [1.29, 1.82) is 0 Å². The third kappa shape index (κ3) is 13.3. The first-order valence-electron chi connectivity index (χ1n) is 24.4. The summed E-state index contributed by atoms with van der Waals surface area (Å²) in [5.74, 6) is 0.336. The molecule has 23 heteroatoms. The molecule has 18 nitrogen and oxygen atoms in total. The normalized spacial score (nSPS) is 15.9. The number of halogens is 3. The number of anilines is 1. The fourth-order valence-corrected chi connectivity index (χ4v) is 11.8. The Morgan fingerprint density at radius 3 is 1.49 bits per heavy atom. The van der Waals surface area contributed by atoms with E-state index in [2.05, 4.69) is 25.3 Å². The molecule has 404 valence electrons. The Morgan fingerprint density at radius 1 is 0.597 bits per heavy atom. The van der Waals surface area contributed by atoms with Crippen molar-refractivity contribution in [3.63, 3.8) is 0 Å². The van der Waals surface area contributed by atoms with Crippen LogP contribution in [0.15, 0.2) is 144 Å². The molecule has 2 aliphatic heterocycles. The molecule has 10 rings (SSSR count). The highest BCUT2D eigenvalue weighted by atomic mass is 35.5. The first-order valence-corrected chi connectivity index (χ1v) is 28.4. The molecule has 2 atom stereocenters. The number of benzene rings is 4. The number of carbonyl (C=O) groups excluding carboxylic acids is 2. The van der Waals surface area contributed by atoms with Gasteiger partial charge >= 0.3 is 12.2 Å². The van der Waals surface area contributed by atoms with Gasteiger partial charge in [0.25, 0.3) is 20.0 Å². The van der Waals surface area contributed by atoms with E-state index in [1.165, 1.54) is 26.5 Å². The number of ether oxygens (including phenoxy) is 2. The van der Waals surface area contributed by atoms with Gasteiger partial charge in [0, 0.05) is 72.6 Å². The Kier molecular flexibility index (Phi) is 16.9. The van der Waals surface area contributed by atoms with Gasteiger partial charge in [-0.05, 0) is 102 Å². The number of nitrogens with one attached hydrogen (secondary N) is 1. The summed E-state index contributed by atoms with van der Waals surface area (Å²) in [6.07, 6.45) is 6.92. The molecule has 2 saturated heterocycles. The third-order valence-electron chi connectivity index (χ3n) is 12.0. The van der Waals surface area contributed by atoms with Gasteiger partial charge in [-0.15, -0.1) is 0 Å². The lowest BCUT2D eigenvalue weighted by atomic mass is 10.1. The molecule has 3 N–H and O–H groups in total. The van der Waals surface area contributed by atoms with Crippen LogP contribution >= 0.6 is 34.8 Å². The molecule has 77 heavy (non-hydrogen) atoms. The molecule has 4 aromatic heterocycles. The van der Waals surface area contributed by atoms with Crippen molar-refractivity contribution in [2.45, 2.75) is 87.5 Å². The fraction of sp³-hybridized carbons (Fsp3) is 0.296. The van der Waals surface area contributed by atoms with Gasteiger partial charge in [0.05, 0.1) is 54.7 Å². The Morgan fingerprint density at radius 2 is 1.03 bits per heavy atom. The Hall–Kier alpha value is -6.81. The zero-order valence-corrected chi connectivity index (χ0v) is 46.9. The molecule has 0 unspecified atom stereocenters. The molecule has 0 aliphatic carbocycles. The molecule has 0 saturated carbocycles. The smallest absolute Gasteiger partial charge is 0.410 e. The summed E-state index contributed by atoms with van der Waals surface area (Å²) in [7, 11) is -7.64. The summed E-state index contributed by atoms with van der Waals surface area (Å²) in [6.45, 7) is 13.4. The zero-order valence-electron chi connectivity index (χ0n) is 43.0. The molecule has 0 radical (unpaired) electrons. The predicted molar refractivity (Wildman–Crippen MR) is 299 cm³/mol. The van der Waals surface area contributed by atoms with Crippen LogP contribution in [0.4, 0.5) is 15.5 Å². The highest BCUT2D eigenvalue weighted by Gasteiger charge is 2.32. The van der Waals surface area contributed by atoms with Crippen LogP contribution in [-0.2, 0) is 29.5 Å². The summed E-state index contributed by atoms with van der Waals surface area (Å²) in [5, 5.41) is 5.28. The van der Waals surface area contributed by atoms with Crippen molar-refractivity contribution in [3.8, 4) is 22.5 Å². The summed E-state index contributed by atoms with van der Waals surface area (Å²) < 4.78 is 66.4. The second kappa shape index (κ2) is 23.0. The lowest BCUT2D eigenvalue weighted by Gasteiger charge is -2.24. The van der Waals surface area contributed by atoms with Crippen molar-refractivity contribution in [2.75, 3.05) is 31.5 Å². The van der Waals surface area contributed by atoms with E-state index in [1.54, 1.807) is 101 Å². The molecular weight excluding hydrogens is 1090 g/mol. The van der Waals surface area contributed by atoms with Crippen LogP contribution in [0.5, 0.6) is 0 Å². The quantitative estimate of drug-likeness (QED) is 0.135. The van der Waals surface area contributed by atoms with Crippen LogP contribution in [0.1, 0.15) is 54.4 Å². The summed E-state index contributed by atoms with van der Waals surface area (Å²) in [5.41, 5.74) is 7.65. The second-order valence-electron chi connectivity index (χ2n) is 20.1.